The monoisotopic (exact) mass is 774 g/mol. The Kier molecular flexibility index (Phi) is 35.5. The van der Waals surface area contributed by atoms with Crippen LogP contribution in [-0.2, 0) is 32.7 Å². The molecule has 0 saturated carbocycles. The van der Waals surface area contributed by atoms with E-state index in [9.17, 15) is 19.0 Å². The molecule has 0 aromatic rings. The largest absolute Gasteiger partial charge is 0.756 e. The number of quaternary nitrogens is 1. The van der Waals surface area contributed by atoms with Gasteiger partial charge in [0.2, 0.25) is 0 Å². The summed E-state index contributed by atoms with van der Waals surface area (Å²) in [5.41, 5.74) is 0. The zero-order chi connectivity index (χ0) is 39.3. The molecule has 0 aliphatic rings. The summed E-state index contributed by atoms with van der Waals surface area (Å²) in [5.74, 6) is -0.838. The van der Waals surface area contributed by atoms with Crippen LogP contribution in [0.2, 0.25) is 0 Å². The summed E-state index contributed by atoms with van der Waals surface area (Å²) in [5, 5.41) is 0. The second-order valence-electron chi connectivity index (χ2n) is 16.1. The normalized spacial score (nSPS) is 13.7. The molecule has 0 aromatic heterocycles. The molecule has 2 unspecified atom stereocenters. The molecule has 0 saturated heterocycles. The van der Waals surface area contributed by atoms with Gasteiger partial charge in [-0.25, -0.2) is 0 Å². The fourth-order valence-electron chi connectivity index (χ4n) is 6.06. The van der Waals surface area contributed by atoms with Crippen molar-refractivity contribution in [3.05, 3.63) is 12.2 Å². The lowest BCUT2D eigenvalue weighted by atomic mass is 10.0. The van der Waals surface area contributed by atoms with E-state index in [1.807, 2.05) is 21.1 Å². The van der Waals surface area contributed by atoms with Gasteiger partial charge in [0, 0.05) is 12.8 Å². The first kappa shape index (κ1) is 51.8. The van der Waals surface area contributed by atoms with Crippen molar-refractivity contribution in [3.63, 3.8) is 0 Å². The van der Waals surface area contributed by atoms with E-state index in [1.54, 1.807) is 0 Å². The average Bonchev–Trinajstić information content (AvgIpc) is 3.10. The number of allylic oxidation sites excluding steroid dienone is 2. The van der Waals surface area contributed by atoms with Crippen molar-refractivity contribution < 1.29 is 42.1 Å². The fraction of sp³-hybridized carbons (Fsp3) is 0.907. The molecule has 0 bridgehead atoms. The van der Waals surface area contributed by atoms with Crippen molar-refractivity contribution in [1.29, 1.82) is 0 Å². The Labute approximate surface area is 326 Å². The zero-order valence-corrected chi connectivity index (χ0v) is 36.1. The third-order valence-electron chi connectivity index (χ3n) is 9.54. The van der Waals surface area contributed by atoms with E-state index in [0.29, 0.717) is 17.4 Å². The molecule has 314 valence electrons. The highest BCUT2D eigenvalue weighted by molar-refractivity contribution is 7.45. The van der Waals surface area contributed by atoms with Crippen LogP contribution in [0.25, 0.3) is 0 Å². The first-order valence-corrected chi connectivity index (χ1v) is 23.4. The Morgan fingerprint density at radius 3 is 1.40 bits per heavy atom. The molecule has 9 nitrogen and oxygen atoms in total. The lowest BCUT2D eigenvalue weighted by Crippen LogP contribution is -2.37. The van der Waals surface area contributed by atoms with E-state index in [2.05, 4.69) is 26.0 Å². The minimum Gasteiger partial charge on any atom is -0.756 e. The third-order valence-corrected chi connectivity index (χ3v) is 10.5. The number of hydrogen-bond acceptors (Lipinski definition) is 8. The molecule has 0 spiro atoms. The maximum Gasteiger partial charge on any atom is 0.306 e. The second-order valence-corrected chi connectivity index (χ2v) is 17.5. The Balaban J connectivity index is 4.10. The third kappa shape index (κ3) is 40.2. The number of likely N-dealkylation sites (N-methyl/N-ethyl adjacent to an activating group) is 1. The van der Waals surface area contributed by atoms with Crippen LogP contribution < -0.4 is 4.89 Å². The Bertz CT molecular complexity index is 922. The van der Waals surface area contributed by atoms with Crippen LogP contribution in [0.1, 0.15) is 200 Å². The minimum atomic E-state index is -4.61. The van der Waals surface area contributed by atoms with E-state index in [-0.39, 0.29) is 26.1 Å². The van der Waals surface area contributed by atoms with Gasteiger partial charge in [-0.2, -0.15) is 0 Å². The number of esters is 2. The van der Waals surface area contributed by atoms with Crippen molar-refractivity contribution in [2.24, 2.45) is 0 Å². The average molecular weight is 774 g/mol. The summed E-state index contributed by atoms with van der Waals surface area (Å²) in [7, 11) is 1.17. The molecule has 0 fully saturated rings. The van der Waals surface area contributed by atoms with Crippen molar-refractivity contribution in [3.8, 4) is 0 Å². The van der Waals surface area contributed by atoms with Gasteiger partial charge in [-0.1, -0.05) is 161 Å². The molecule has 0 heterocycles. The predicted octanol–water partition coefficient (Wildman–Crippen LogP) is 11.6. The van der Waals surface area contributed by atoms with Gasteiger partial charge < -0.3 is 27.9 Å². The Hall–Kier alpha value is -1.25. The second kappa shape index (κ2) is 36.4. The van der Waals surface area contributed by atoms with E-state index < -0.39 is 32.5 Å². The predicted molar refractivity (Wildman–Crippen MR) is 218 cm³/mol. The van der Waals surface area contributed by atoms with Crippen LogP contribution in [0.5, 0.6) is 0 Å². The highest BCUT2D eigenvalue weighted by Crippen LogP contribution is 2.38. The summed E-state index contributed by atoms with van der Waals surface area (Å²) < 4.78 is 33.7. The number of unbranched alkanes of at least 4 members (excludes halogenated alkanes) is 24. The maximum atomic E-state index is 12.6. The summed E-state index contributed by atoms with van der Waals surface area (Å²) in [6, 6.07) is 0. The molecule has 0 aromatic carbocycles. The van der Waals surface area contributed by atoms with Crippen LogP contribution in [-0.4, -0.2) is 70.0 Å². The van der Waals surface area contributed by atoms with Gasteiger partial charge in [0.05, 0.1) is 27.7 Å². The number of carbonyl (C=O) groups excluding carboxylic acids is 2. The van der Waals surface area contributed by atoms with E-state index in [4.69, 9.17) is 18.5 Å². The Morgan fingerprint density at radius 1 is 0.566 bits per heavy atom. The van der Waals surface area contributed by atoms with Crippen molar-refractivity contribution in [1.82, 2.24) is 0 Å². The molecule has 0 radical (unpaired) electrons. The number of rotatable bonds is 40. The number of phosphoric ester groups is 1. The molecule has 0 rings (SSSR count). The first-order valence-electron chi connectivity index (χ1n) is 21.9. The van der Waals surface area contributed by atoms with Crippen LogP contribution >= 0.6 is 7.82 Å². The van der Waals surface area contributed by atoms with Gasteiger partial charge in [-0.05, 0) is 38.5 Å². The molecule has 0 N–H and O–H groups in total. The van der Waals surface area contributed by atoms with Crippen molar-refractivity contribution in [2.45, 2.75) is 206 Å². The molecular weight excluding hydrogens is 689 g/mol. The standard InChI is InChI=1S/C43H84NO8P/c1-6-8-10-12-14-15-16-17-18-19-20-21-22-23-24-25-26-27-28-29-30-32-34-36-43(46)52-41(39-49-42(45)35-33-31-13-11-9-7-2)40-51-53(47,48)50-38-37-44(3,4)5/h19-20,41H,6-18,21-40H2,1-5H3/b20-19-. The Morgan fingerprint density at radius 2 is 0.962 bits per heavy atom. The number of phosphoric acid groups is 1. The quantitative estimate of drug-likeness (QED) is 0.0199. The summed E-state index contributed by atoms with van der Waals surface area (Å²) in [6.45, 7) is 4.17. The van der Waals surface area contributed by atoms with Crippen LogP contribution in [0.15, 0.2) is 12.2 Å². The van der Waals surface area contributed by atoms with Crippen molar-refractivity contribution in [2.75, 3.05) is 47.5 Å². The molecule has 0 amide bonds. The lowest BCUT2D eigenvalue weighted by molar-refractivity contribution is -0.870. The lowest BCUT2D eigenvalue weighted by Gasteiger charge is -2.28. The minimum absolute atomic E-state index is 0.0283. The topological polar surface area (TPSA) is 111 Å². The molecule has 53 heavy (non-hydrogen) atoms. The van der Waals surface area contributed by atoms with Crippen molar-refractivity contribution >= 4 is 19.8 Å². The molecule has 0 aliphatic carbocycles. The highest BCUT2D eigenvalue weighted by atomic mass is 31.2. The van der Waals surface area contributed by atoms with Gasteiger partial charge in [0.1, 0.15) is 19.8 Å². The van der Waals surface area contributed by atoms with E-state index >= 15 is 0 Å². The van der Waals surface area contributed by atoms with Gasteiger partial charge >= 0.3 is 11.9 Å². The van der Waals surface area contributed by atoms with Crippen LogP contribution in [0.3, 0.4) is 0 Å². The molecular formula is C43H84NO8P. The maximum absolute atomic E-state index is 12.6. The van der Waals surface area contributed by atoms with Gasteiger partial charge in [0.15, 0.2) is 6.10 Å². The van der Waals surface area contributed by atoms with Gasteiger partial charge in [0.25, 0.3) is 7.82 Å². The van der Waals surface area contributed by atoms with Crippen LogP contribution in [0, 0.1) is 0 Å². The van der Waals surface area contributed by atoms with E-state index in [0.717, 1.165) is 44.9 Å². The number of ether oxygens (including phenoxy) is 2. The number of nitrogens with zero attached hydrogens (tertiary/aromatic N) is 1. The van der Waals surface area contributed by atoms with Gasteiger partial charge in [-0.15, -0.1) is 0 Å². The first-order chi connectivity index (χ1) is 25.5. The summed E-state index contributed by atoms with van der Waals surface area (Å²) >= 11 is 0. The van der Waals surface area contributed by atoms with Crippen LogP contribution in [0.4, 0.5) is 0 Å². The molecule has 10 heteroatoms. The van der Waals surface area contributed by atoms with E-state index in [1.165, 1.54) is 122 Å². The highest BCUT2D eigenvalue weighted by Gasteiger charge is 2.21. The summed E-state index contributed by atoms with van der Waals surface area (Å²) in [4.78, 5) is 37.2. The summed E-state index contributed by atoms with van der Waals surface area (Å²) in [6.07, 6.45) is 37.1. The fourth-order valence-corrected chi connectivity index (χ4v) is 6.79. The number of hydrogen-bond donors (Lipinski definition) is 0. The van der Waals surface area contributed by atoms with Gasteiger partial charge in [-0.3, -0.25) is 14.2 Å². The zero-order valence-electron chi connectivity index (χ0n) is 35.2. The molecule has 2 atom stereocenters. The number of carbonyl (C=O) groups is 2. The molecule has 0 aliphatic heterocycles. The smallest absolute Gasteiger partial charge is 0.306 e. The SMILES string of the molecule is CCCCCCCCCC/C=C\CCCCCCCCCCCCCC(=O)OC(COC(=O)CCCCCCCC)COP(=O)([O-])OCC[N+](C)(C)C.